The fourth-order valence-corrected chi connectivity index (χ4v) is 2.61. The second-order valence-electron chi connectivity index (χ2n) is 5.46. The van der Waals surface area contributed by atoms with E-state index in [0.717, 1.165) is 0 Å². The van der Waals surface area contributed by atoms with E-state index >= 15 is 0 Å². The van der Waals surface area contributed by atoms with Gasteiger partial charge in [0.25, 0.3) is 0 Å². The van der Waals surface area contributed by atoms with Gasteiger partial charge in [-0.25, -0.2) is 0 Å². The number of esters is 4. The topological polar surface area (TPSA) is 138 Å². The minimum Gasteiger partial charge on any atom is -0.463 e. The normalized spacial score (nSPS) is 28.9. The molecule has 0 N–H and O–H groups in total. The van der Waals surface area contributed by atoms with Gasteiger partial charge in [-0.3, -0.25) is 19.2 Å². The predicted octanol–water partition coefficient (Wildman–Crippen LogP) is 0.416. The van der Waals surface area contributed by atoms with E-state index < -0.39 is 88.6 Å². The Morgan fingerprint density at radius 3 is 1.93 bits per heavy atom. The van der Waals surface area contributed by atoms with Crippen LogP contribution in [0.25, 0.3) is 0 Å². The Hall–Kier alpha value is -2.67. The molecule has 1 rings (SSSR count). The Morgan fingerprint density at radius 2 is 1.41 bits per heavy atom. The Bertz CT molecular complexity index is 687. The molecule has 0 radical (unpaired) electrons. The van der Waals surface area contributed by atoms with E-state index in [1.165, 1.54) is 0 Å². The molecule has 5 atom stereocenters. The van der Waals surface area contributed by atoms with Crippen LogP contribution in [0.2, 0.25) is 0 Å². The molecular weight excluding hydrogens is 362 g/mol. The number of ether oxygens (including phenoxy) is 5. The standard InChI is InChI=1S/C17H23NO9/c1-9(19)23-8-14-16(25-11(3)21)17(26-12(4)22)15(24-10(2)20)13(27-14)6-5-7-18/h13-17H,5-6,8H2,1-4H3/t13?,14-,15+,16-,17-/m1/s1/i1D,2D,3D,4D. The lowest BCUT2D eigenvalue weighted by Gasteiger charge is -2.44. The van der Waals surface area contributed by atoms with Crippen molar-refractivity contribution < 1.29 is 48.3 Å². The number of hydrogen-bond acceptors (Lipinski definition) is 10. The van der Waals surface area contributed by atoms with E-state index in [1.807, 2.05) is 6.07 Å². The largest absolute Gasteiger partial charge is 0.463 e. The lowest BCUT2D eigenvalue weighted by atomic mass is 9.92. The summed E-state index contributed by atoms with van der Waals surface area (Å²) in [5.74, 6) is -4.01. The van der Waals surface area contributed by atoms with Crippen molar-refractivity contribution in [2.24, 2.45) is 0 Å². The zero-order valence-corrected chi connectivity index (χ0v) is 14.5. The van der Waals surface area contributed by atoms with Crippen molar-refractivity contribution >= 4 is 23.9 Å². The van der Waals surface area contributed by atoms with Crippen LogP contribution in [0, 0.1) is 11.3 Å². The molecule has 1 heterocycles. The highest BCUT2D eigenvalue weighted by atomic mass is 16.7. The first-order chi connectivity index (χ1) is 14.8. The molecule has 10 nitrogen and oxygen atoms in total. The fraction of sp³-hybridized carbons (Fsp3) is 0.706. The SMILES string of the molecule is [2H]CC(=O)OC[C@H]1OC(CCC#N)[C@H](OC(=O)C[2H])[C@@H](OC(=O)C[2H])[C@@H]1OC(=O)C[2H]. The van der Waals surface area contributed by atoms with Crippen LogP contribution in [-0.2, 0) is 42.9 Å². The molecule has 1 aliphatic rings. The predicted molar refractivity (Wildman–Crippen MR) is 86.8 cm³/mol. The molecule has 0 spiro atoms. The zero-order valence-electron chi connectivity index (χ0n) is 18.5. The van der Waals surface area contributed by atoms with E-state index in [9.17, 15) is 19.2 Å². The third-order valence-electron chi connectivity index (χ3n) is 3.48. The van der Waals surface area contributed by atoms with Crippen LogP contribution in [0.4, 0.5) is 0 Å². The van der Waals surface area contributed by atoms with E-state index in [0.29, 0.717) is 0 Å². The Kier molecular flexibility index (Phi) is 6.40. The lowest BCUT2D eigenvalue weighted by Crippen LogP contribution is -2.62. The van der Waals surface area contributed by atoms with Crippen molar-refractivity contribution in [3.8, 4) is 6.07 Å². The third kappa shape index (κ3) is 7.22. The first kappa shape index (κ1) is 16.5. The monoisotopic (exact) mass is 389 g/mol. The van der Waals surface area contributed by atoms with Crippen molar-refractivity contribution in [1.29, 1.82) is 5.26 Å². The quantitative estimate of drug-likeness (QED) is 0.444. The molecule has 0 aromatic carbocycles. The van der Waals surface area contributed by atoms with Gasteiger partial charge in [-0.2, -0.15) is 5.26 Å². The van der Waals surface area contributed by atoms with E-state index in [1.54, 1.807) is 0 Å². The molecule has 0 saturated carbocycles. The molecule has 0 aromatic heterocycles. The summed E-state index contributed by atoms with van der Waals surface area (Å²) in [4.78, 5) is 46.8. The van der Waals surface area contributed by atoms with Gasteiger partial charge in [0.2, 0.25) is 0 Å². The molecule has 1 fully saturated rings. The van der Waals surface area contributed by atoms with Crippen molar-refractivity contribution in [3.63, 3.8) is 0 Å². The average Bonchev–Trinajstić information content (AvgIpc) is 2.78. The molecule has 0 bridgehead atoms. The summed E-state index contributed by atoms with van der Waals surface area (Å²) < 4.78 is 54.6. The van der Waals surface area contributed by atoms with Crippen LogP contribution in [0.1, 0.15) is 45.9 Å². The molecule has 0 amide bonds. The van der Waals surface area contributed by atoms with Crippen molar-refractivity contribution in [2.75, 3.05) is 6.61 Å². The van der Waals surface area contributed by atoms with E-state index in [-0.39, 0.29) is 12.8 Å². The van der Waals surface area contributed by atoms with Gasteiger partial charge in [-0.1, -0.05) is 0 Å². The van der Waals surface area contributed by atoms with Crippen LogP contribution in [0.3, 0.4) is 0 Å². The van der Waals surface area contributed by atoms with Crippen LogP contribution < -0.4 is 0 Å². The zero-order chi connectivity index (χ0) is 23.4. The van der Waals surface area contributed by atoms with Gasteiger partial charge in [-0.05, 0) is 6.42 Å². The third-order valence-corrected chi connectivity index (χ3v) is 3.48. The maximum atomic E-state index is 11.9. The van der Waals surface area contributed by atoms with Crippen molar-refractivity contribution in [2.45, 2.75) is 71.0 Å². The van der Waals surface area contributed by atoms with Gasteiger partial charge >= 0.3 is 23.9 Å². The number of rotatable bonds is 7. The second-order valence-corrected chi connectivity index (χ2v) is 5.46. The van der Waals surface area contributed by atoms with Gasteiger partial charge < -0.3 is 23.7 Å². The molecule has 0 aliphatic carbocycles. The maximum absolute atomic E-state index is 11.9. The number of carbonyl (C=O) groups is 4. The summed E-state index contributed by atoms with van der Waals surface area (Å²) in [6, 6.07) is 1.88. The van der Waals surface area contributed by atoms with Gasteiger partial charge in [0.1, 0.15) is 18.8 Å². The lowest BCUT2D eigenvalue weighted by molar-refractivity contribution is -0.253. The van der Waals surface area contributed by atoms with Crippen LogP contribution in [0.15, 0.2) is 0 Å². The highest BCUT2D eigenvalue weighted by Crippen LogP contribution is 2.31. The molecular formula is C17H23NO9. The van der Waals surface area contributed by atoms with E-state index in [2.05, 4.69) is 0 Å². The molecule has 0 aromatic rings. The number of nitrogens with zero attached hydrogens (tertiary/aromatic N) is 1. The summed E-state index contributed by atoms with van der Waals surface area (Å²) in [6.07, 6.45) is -6.78. The molecule has 27 heavy (non-hydrogen) atoms. The van der Waals surface area contributed by atoms with Crippen LogP contribution in [0.5, 0.6) is 0 Å². The van der Waals surface area contributed by atoms with Crippen molar-refractivity contribution in [3.05, 3.63) is 0 Å². The summed E-state index contributed by atoms with van der Waals surface area (Å²) >= 11 is 0. The van der Waals surface area contributed by atoms with Gasteiger partial charge in [0.15, 0.2) is 18.3 Å². The minimum atomic E-state index is -1.51. The highest BCUT2D eigenvalue weighted by Gasteiger charge is 2.51. The van der Waals surface area contributed by atoms with Crippen LogP contribution in [-0.4, -0.2) is 61.0 Å². The van der Waals surface area contributed by atoms with Gasteiger partial charge in [0.05, 0.1) is 6.07 Å². The summed E-state index contributed by atoms with van der Waals surface area (Å²) in [6.45, 7) is -3.60. The summed E-state index contributed by atoms with van der Waals surface area (Å²) in [5.41, 5.74) is 0. The molecule has 10 heteroatoms. The van der Waals surface area contributed by atoms with E-state index in [4.69, 9.17) is 34.4 Å². The fourth-order valence-electron chi connectivity index (χ4n) is 2.61. The molecule has 1 saturated heterocycles. The second kappa shape index (κ2) is 10.5. The minimum absolute atomic E-state index is 0.0105. The Morgan fingerprint density at radius 1 is 0.889 bits per heavy atom. The Balaban J connectivity index is 3.34. The first-order valence-corrected chi connectivity index (χ1v) is 7.74. The average molecular weight is 389 g/mol. The number of nitriles is 1. The number of hydrogen-bond donors (Lipinski definition) is 0. The first-order valence-electron chi connectivity index (χ1n) is 10.6. The Labute approximate surface area is 162 Å². The van der Waals surface area contributed by atoms with Crippen molar-refractivity contribution in [1.82, 2.24) is 0 Å². The van der Waals surface area contributed by atoms with Gasteiger partial charge in [0, 0.05) is 39.5 Å². The number of carbonyl (C=O) groups excluding carboxylic acids is 4. The van der Waals surface area contributed by atoms with Crippen LogP contribution >= 0.6 is 0 Å². The highest BCUT2D eigenvalue weighted by molar-refractivity contribution is 5.68. The smallest absolute Gasteiger partial charge is 0.303 e. The maximum Gasteiger partial charge on any atom is 0.303 e. The molecule has 1 aliphatic heterocycles. The summed E-state index contributed by atoms with van der Waals surface area (Å²) in [5, 5.41) is 8.90. The molecule has 1 unspecified atom stereocenters. The molecule has 150 valence electrons. The van der Waals surface area contributed by atoms with Gasteiger partial charge in [-0.15, -0.1) is 0 Å². The summed E-state index contributed by atoms with van der Waals surface area (Å²) in [7, 11) is 0.